The topological polar surface area (TPSA) is 20.2 Å². The third-order valence-corrected chi connectivity index (χ3v) is 6.44. The molecule has 3 rings (SSSR count). The summed E-state index contributed by atoms with van der Waals surface area (Å²) in [7, 11) is 0. The van der Waals surface area contributed by atoms with E-state index in [1.807, 2.05) is 6.07 Å². The van der Waals surface area contributed by atoms with Gasteiger partial charge in [0.05, 0.1) is 0 Å². The fourth-order valence-electron chi connectivity index (χ4n) is 5.54. The van der Waals surface area contributed by atoms with E-state index < -0.39 is 0 Å². The van der Waals surface area contributed by atoms with E-state index in [0.29, 0.717) is 22.5 Å². The van der Waals surface area contributed by atoms with Crippen molar-refractivity contribution in [1.29, 1.82) is 0 Å². The SMILES string of the molecule is CC(C)c1c(O)ccc2c1CC[C@@H]1C(C)(C)CCC[C@]21C. The van der Waals surface area contributed by atoms with Gasteiger partial charge in [0.1, 0.15) is 5.75 Å². The maximum absolute atomic E-state index is 10.3. The fourth-order valence-corrected chi connectivity index (χ4v) is 5.54. The van der Waals surface area contributed by atoms with Crippen molar-refractivity contribution in [2.45, 2.75) is 78.1 Å². The van der Waals surface area contributed by atoms with Gasteiger partial charge >= 0.3 is 0 Å². The molecule has 1 saturated carbocycles. The van der Waals surface area contributed by atoms with Crippen LogP contribution in [0.3, 0.4) is 0 Å². The highest BCUT2D eigenvalue weighted by molar-refractivity contribution is 5.51. The van der Waals surface area contributed by atoms with Crippen molar-refractivity contribution in [3.63, 3.8) is 0 Å². The number of phenols is 1. The lowest BCUT2D eigenvalue weighted by molar-refractivity contribution is 0.0404. The predicted molar refractivity (Wildman–Crippen MR) is 89.0 cm³/mol. The molecule has 1 heteroatoms. The second-order valence-corrected chi connectivity index (χ2v) is 8.53. The number of rotatable bonds is 1. The summed E-state index contributed by atoms with van der Waals surface area (Å²) in [4.78, 5) is 0. The minimum absolute atomic E-state index is 0.298. The zero-order chi connectivity index (χ0) is 15.4. The predicted octanol–water partition coefficient (Wildman–Crippen LogP) is 5.55. The van der Waals surface area contributed by atoms with Gasteiger partial charge in [-0.1, -0.05) is 47.1 Å². The highest BCUT2D eigenvalue weighted by Gasteiger charge is 2.50. The van der Waals surface area contributed by atoms with Crippen molar-refractivity contribution in [3.8, 4) is 5.75 Å². The van der Waals surface area contributed by atoms with E-state index in [-0.39, 0.29) is 0 Å². The van der Waals surface area contributed by atoms with Crippen LogP contribution in [0.25, 0.3) is 0 Å². The standard InChI is InChI=1S/C20H30O/c1-13(2)18-14-7-10-17-19(3,4)11-6-12-20(17,5)15(14)8-9-16(18)21/h8-9,13,17,21H,6-7,10-12H2,1-5H3/t17-,20-/m1/s1. The smallest absolute Gasteiger partial charge is 0.119 e. The molecule has 0 radical (unpaired) electrons. The molecule has 0 amide bonds. The molecule has 1 N–H and O–H groups in total. The minimum Gasteiger partial charge on any atom is -0.508 e. The summed E-state index contributed by atoms with van der Waals surface area (Å²) in [5, 5.41) is 10.3. The summed E-state index contributed by atoms with van der Waals surface area (Å²) in [5.74, 6) is 1.67. The van der Waals surface area contributed by atoms with Crippen molar-refractivity contribution < 1.29 is 5.11 Å². The lowest BCUT2D eigenvalue weighted by Gasteiger charge is -2.54. The van der Waals surface area contributed by atoms with Crippen LogP contribution in [0.2, 0.25) is 0 Å². The molecule has 0 aromatic heterocycles. The molecule has 0 saturated heterocycles. The third kappa shape index (κ3) is 2.12. The Kier molecular flexibility index (Phi) is 3.39. The van der Waals surface area contributed by atoms with Gasteiger partial charge in [-0.3, -0.25) is 0 Å². The second kappa shape index (κ2) is 4.76. The van der Waals surface area contributed by atoms with E-state index in [1.165, 1.54) is 42.4 Å². The number of hydrogen-bond acceptors (Lipinski definition) is 1. The quantitative estimate of drug-likeness (QED) is 0.718. The Hall–Kier alpha value is -0.980. The normalized spacial score (nSPS) is 30.9. The number of aromatic hydroxyl groups is 1. The molecule has 2 atom stereocenters. The maximum atomic E-state index is 10.3. The van der Waals surface area contributed by atoms with E-state index in [1.54, 1.807) is 0 Å². The van der Waals surface area contributed by atoms with Crippen LogP contribution in [0.4, 0.5) is 0 Å². The van der Waals surface area contributed by atoms with Crippen LogP contribution in [-0.2, 0) is 11.8 Å². The van der Waals surface area contributed by atoms with E-state index >= 15 is 0 Å². The van der Waals surface area contributed by atoms with Gasteiger partial charge in [0, 0.05) is 0 Å². The molecule has 2 aliphatic carbocycles. The summed E-state index contributed by atoms with van der Waals surface area (Å²) in [6, 6.07) is 4.17. The summed E-state index contributed by atoms with van der Waals surface area (Å²) in [6.45, 7) is 11.8. The van der Waals surface area contributed by atoms with Crippen LogP contribution in [0.5, 0.6) is 5.75 Å². The molecule has 116 valence electrons. The first-order valence-electron chi connectivity index (χ1n) is 8.62. The largest absolute Gasteiger partial charge is 0.508 e. The highest BCUT2D eigenvalue weighted by Crippen LogP contribution is 2.58. The van der Waals surface area contributed by atoms with Gasteiger partial charge in [-0.15, -0.1) is 0 Å². The van der Waals surface area contributed by atoms with Crippen LogP contribution in [0, 0.1) is 11.3 Å². The van der Waals surface area contributed by atoms with Crippen LogP contribution < -0.4 is 0 Å². The Bertz CT molecular complexity index is 555. The Labute approximate surface area is 129 Å². The van der Waals surface area contributed by atoms with E-state index in [0.717, 1.165) is 12.3 Å². The van der Waals surface area contributed by atoms with E-state index in [9.17, 15) is 5.11 Å². The molecule has 1 nitrogen and oxygen atoms in total. The Morgan fingerprint density at radius 1 is 1.14 bits per heavy atom. The average Bonchev–Trinajstić information content (AvgIpc) is 2.36. The molecule has 0 unspecified atom stereocenters. The molecular weight excluding hydrogens is 256 g/mol. The Morgan fingerprint density at radius 3 is 2.52 bits per heavy atom. The van der Waals surface area contributed by atoms with Crippen molar-refractivity contribution in [2.75, 3.05) is 0 Å². The third-order valence-electron chi connectivity index (χ3n) is 6.44. The fraction of sp³-hybridized carbons (Fsp3) is 0.700. The first-order chi connectivity index (χ1) is 9.77. The minimum atomic E-state index is 0.298. The molecule has 1 aromatic carbocycles. The molecule has 1 aromatic rings. The van der Waals surface area contributed by atoms with Gasteiger partial charge in [-0.25, -0.2) is 0 Å². The number of fused-ring (bicyclic) bond motifs is 3. The maximum Gasteiger partial charge on any atom is 0.119 e. The summed E-state index contributed by atoms with van der Waals surface area (Å²) >= 11 is 0. The van der Waals surface area contributed by atoms with Gasteiger partial charge in [-0.2, -0.15) is 0 Å². The van der Waals surface area contributed by atoms with Gasteiger partial charge in [0.25, 0.3) is 0 Å². The number of phenolic OH excluding ortho intramolecular Hbond substituents is 1. The van der Waals surface area contributed by atoms with Gasteiger partial charge < -0.3 is 5.11 Å². The van der Waals surface area contributed by atoms with Gasteiger partial charge in [-0.05, 0) is 71.1 Å². The Balaban J connectivity index is 2.17. The lowest BCUT2D eigenvalue weighted by Crippen LogP contribution is -2.48. The molecule has 2 aliphatic rings. The lowest BCUT2D eigenvalue weighted by atomic mass is 9.50. The van der Waals surface area contributed by atoms with Crippen LogP contribution in [0.15, 0.2) is 12.1 Å². The molecule has 0 bridgehead atoms. The highest BCUT2D eigenvalue weighted by atomic mass is 16.3. The summed E-state index contributed by atoms with van der Waals surface area (Å²) in [5.41, 5.74) is 4.94. The van der Waals surface area contributed by atoms with Crippen molar-refractivity contribution in [2.24, 2.45) is 11.3 Å². The summed E-state index contributed by atoms with van der Waals surface area (Å²) < 4.78 is 0. The zero-order valence-corrected chi connectivity index (χ0v) is 14.3. The second-order valence-electron chi connectivity index (χ2n) is 8.53. The molecule has 0 spiro atoms. The molecule has 1 fully saturated rings. The van der Waals surface area contributed by atoms with Crippen molar-refractivity contribution in [3.05, 3.63) is 28.8 Å². The van der Waals surface area contributed by atoms with Crippen molar-refractivity contribution >= 4 is 0 Å². The molecule has 21 heavy (non-hydrogen) atoms. The van der Waals surface area contributed by atoms with Crippen molar-refractivity contribution in [1.82, 2.24) is 0 Å². The first kappa shape index (κ1) is 14.9. The zero-order valence-electron chi connectivity index (χ0n) is 14.3. The van der Waals surface area contributed by atoms with Crippen LogP contribution >= 0.6 is 0 Å². The molecular formula is C20H30O. The summed E-state index contributed by atoms with van der Waals surface area (Å²) in [6.07, 6.45) is 6.41. The Morgan fingerprint density at radius 2 is 1.86 bits per heavy atom. The first-order valence-corrected chi connectivity index (χ1v) is 8.62. The van der Waals surface area contributed by atoms with Crippen LogP contribution in [0.1, 0.15) is 82.9 Å². The average molecular weight is 286 g/mol. The van der Waals surface area contributed by atoms with E-state index in [2.05, 4.69) is 40.7 Å². The van der Waals surface area contributed by atoms with Crippen LogP contribution in [-0.4, -0.2) is 5.11 Å². The number of hydrogen-bond donors (Lipinski definition) is 1. The molecule has 0 heterocycles. The monoisotopic (exact) mass is 286 g/mol. The van der Waals surface area contributed by atoms with Gasteiger partial charge in [0.15, 0.2) is 0 Å². The van der Waals surface area contributed by atoms with Gasteiger partial charge in [0.2, 0.25) is 0 Å². The molecule has 0 aliphatic heterocycles. The number of benzene rings is 1. The van der Waals surface area contributed by atoms with E-state index in [4.69, 9.17) is 0 Å².